The van der Waals surface area contributed by atoms with Crippen LogP contribution in [0.1, 0.15) is 10.4 Å². The summed E-state index contributed by atoms with van der Waals surface area (Å²) in [6, 6.07) is 7.25. The maximum absolute atomic E-state index is 12.5. The number of nitro groups is 1. The number of sulfonamides is 1. The van der Waals surface area contributed by atoms with Gasteiger partial charge < -0.3 is 4.74 Å². The second kappa shape index (κ2) is 7.38. The van der Waals surface area contributed by atoms with Crippen molar-refractivity contribution in [3.63, 3.8) is 0 Å². The van der Waals surface area contributed by atoms with Crippen molar-refractivity contribution >= 4 is 54.9 Å². The van der Waals surface area contributed by atoms with E-state index in [9.17, 15) is 23.3 Å². The average molecular weight is 450 g/mol. The molecule has 0 fully saturated rings. The molecular weight excluding hydrogens is 440 g/mol. The largest absolute Gasteiger partial charge is 0.465 e. The van der Waals surface area contributed by atoms with E-state index in [0.29, 0.717) is 4.47 Å². The Bertz CT molecular complexity index is 964. The number of ether oxygens (including phenoxy) is 1. The minimum atomic E-state index is -4.19. The van der Waals surface area contributed by atoms with Crippen LogP contribution in [0.2, 0.25) is 5.02 Å². The van der Waals surface area contributed by atoms with Crippen LogP contribution in [-0.4, -0.2) is 26.4 Å². The predicted octanol–water partition coefficient (Wildman–Crippen LogP) is 3.60. The molecule has 132 valence electrons. The Hall–Kier alpha value is -2.17. The molecule has 0 amide bonds. The first-order valence-electron chi connectivity index (χ1n) is 6.50. The van der Waals surface area contributed by atoms with E-state index >= 15 is 0 Å². The number of carbonyl (C=O) groups excluding carboxylic acids is 1. The lowest BCUT2D eigenvalue weighted by atomic mass is 10.2. The van der Waals surface area contributed by atoms with Crippen molar-refractivity contribution in [3.05, 3.63) is 61.6 Å². The van der Waals surface area contributed by atoms with Crippen molar-refractivity contribution in [1.82, 2.24) is 0 Å². The first-order valence-corrected chi connectivity index (χ1v) is 9.15. The summed E-state index contributed by atoms with van der Waals surface area (Å²) in [6.07, 6.45) is 0. The van der Waals surface area contributed by atoms with Crippen LogP contribution >= 0.6 is 27.5 Å². The molecule has 0 aromatic heterocycles. The summed E-state index contributed by atoms with van der Waals surface area (Å²) >= 11 is 9.04. The maximum atomic E-state index is 12.5. The third-order valence-electron chi connectivity index (χ3n) is 3.05. The molecule has 0 atom stereocenters. The predicted molar refractivity (Wildman–Crippen MR) is 94.4 cm³/mol. The first-order chi connectivity index (χ1) is 11.7. The number of hydrogen-bond donors (Lipinski definition) is 1. The molecule has 0 unspecified atom stereocenters. The van der Waals surface area contributed by atoms with Gasteiger partial charge in [-0.1, -0.05) is 27.5 Å². The molecule has 1 N–H and O–H groups in total. The lowest BCUT2D eigenvalue weighted by Crippen LogP contribution is -2.16. The SMILES string of the molecule is COC(=O)c1cc(Br)ccc1NS(=O)(=O)c1ccc([N+](=O)[O-])cc1Cl. The van der Waals surface area contributed by atoms with E-state index in [-0.39, 0.29) is 26.9 Å². The number of methoxy groups -OCH3 is 1. The van der Waals surface area contributed by atoms with E-state index in [1.165, 1.54) is 18.2 Å². The van der Waals surface area contributed by atoms with Crippen molar-refractivity contribution in [2.45, 2.75) is 4.90 Å². The van der Waals surface area contributed by atoms with Gasteiger partial charge in [-0.2, -0.15) is 0 Å². The molecule has 0 aliphatic carbocycles. The number of anilines is 1. The van der Waals surface area contributed by atoms with E-state index in [1.54, 1.807) is 0 Å². The molecule has 2 aromatic carbocycles. The fourth-order valence-corrected chi connectivity index (χ4v) is 3.89. The van der Waals surface area contributed by atoms with Gasteiger partial charge in [0.25, 0.3) is 15.7 Å². The smallest absolute Gasteiger partial charge is 0.340 e. The van der Waals surface area contributed by atoms with Gasteiger partial charge in [0.15, 0.2) is 0 Å². The van der Waals surface area contributed by atoms with Gasteiger partial charge in [-0.05, 0) is 24.3 Å². The highest BCUT2D eigenvalue weighted by Crippen LogP contribution is 2.29. The second-order valence-electron chi connectivity index (χ2n) is 4.66. The lowest BCUT2D eigenvalue weighted by Gasteiger charge is -2.12. The van der Waals surface area contributed by atoms with Crippen molar-refractivity contribution in [2.24, 2.45) is 0 Å². The molecule has 0 heterocycles. The van der Waals surface area contributed by atoms with Gasteiger partial charge >= 0.3 is 5.97 Å². The van der Waals surface area contributed by atoms with Crippen LogP contribution in [0.5, 0.6) is 0 Å². The Balaban J connectivity index is 2.47. The summed E-state index contributed by atoms with van der Waals surface area (Å²) in [4.78, 5) is 21.5. The van der Waals surface area contributed by atoms with Gasteiger partial charge in [0.2, 0.25) is 0 Å². The molecule has 11 heteroatoms. The second-order valence-corrected chi connectivity index (χ2v) is 7.63. The summed E-state index contributed by atoms with van der Waals surface area (Å²) in [5.41, 5.74) is -0.384. The van der Waals surface area contributed by atoms with Gasteiger partial charge in [0.1, 0.15) is 4.90 Å². The van der Waals surface area contributed by atoms with Gasteiger partial charge in [-0.3, -0.25) is 14.8 Å². The zero-order valence-electron chi connectivity index (χ0n) is 12.5. The number of rotatable bonds is 5. The van der Waals surface area contributed by atoms with Crippen LogP contribution in [0, 0.1) is 10.1 Å². The summed E-state index contributed by atoms with van der Waals surface area (Å²) in [6.45, 7) is 0. The zero-order valence-corrected chi connectivity index (χ0v) is 15.7. The molecule has 0 aliphatic rings. The van der Waals surface area contributed by atoms with Crippen LogP contribution in [0.15, 0.2) is 45.8 Å². The highest BCUT2D eigenvalue weighted by atomic mass is 79.9. The molecular formula is C14H10BrClN2O6S. The van der Waals surface area contributed by atoms with Crippen LogP contribution in [-0.2, 0) is 14.8 Å². The average Bonchev–Trinajstić information content (AvgIpc) is 2.55. The number of esters is 1. The molecule has 0 aliphatic heterocycles. The summed E-state index contributed by atoms with van der Waals surface area (Å²) in [7, 11) is -3.03. The number of hydrogen-bond acceptors (Lipinski definition) is 6. The van der Waals surface area contributed by atoms with Crippen LogP contribution in [0.3, 0.4) is 0 Å². The molecule has 2 aromatic rings. The van der Waals surface area contributed by atoms with E-state index in [0.717, 1.165) is 25.3 Å². The Labute approximate surface area is 156 Å². The van der Waals surface area contributed by atoms with Gasteiger partial charge in [0, 0.05) is 16.6 Å². The maximum Gasteiger partial charge on any atom is 0.340 e. The standard InChI is InChI=1S/C14H10BrClN2O6S/c1-24-14(19)10-6-8(15)2-4-12(10)17-25(22,23)13-5-3-9(18(20)21)7-11(13)16/h2-7,17H,1H3. The number of carbonyl (C=O) groups is 1. The van der Waals surface area contributed by atoms with Gasteiger partial charge in [0.05, 0.1) is 28.3 Å². The fraction of sp³-hybridized carbons (Fsp3) is 0.0714. The minimum absolute atomic E-state index is 0.0153. The number of nitrogens with one attached hydrogen (secondary N) is 1. The van der Waals surface area contributed by atoms with Crippen molar-refractivity contribution in [3.8, 4) is 0 Å². The number of non-ortho nitro benzene ring substituents is 1. The summed E-state index contributed by atoms with van der Waals surface area (Å²) in [5.74, 6) is -0.742. The van der Waals surface area contributed by atoms with E-state index in [2.05, 4.69) is 25.4 Å². The van der Waals surface area contributed by atoms with E-state index < -0.39 is 20.9 Å². The van der Waals surface area contributed by atoms with Gasteiger partial charge in [-0.25, -0.2) is 13.2 Å². The van der Waals surface area contributed by atoms with Crippen molar-refractivity contribution in [2.75, 3.05) is 11.8 Å². The highest BCUT2D eigenvalue weighted by Gasteiger charge is 2.23. The Morgan fingerprint density at radius 1 is 1.28 bits per heavy atom. The third-order valence-corrected chi connectivity index (χ3v) is 5.39. The Morgan fingerprint density at radius 2 is 1.96 bits per heavy atom. The number of nitro benzene ring substituents is 1. The number of benzene rings is 2. The van der Waals surface area contributed by atoms with Crippen molar-refractivity contribution < 1.29 is 22.9 Å². The number of halogens is 2. The Kier molecular flexibility index (Phi) is 5.65. The monoisotopic (exact) mass is 448 g/mol. The summed E-state index contributed by atoms with van der Waals surface area (Å²) in [5, 5.41) is 10.4. The zero-order chi connectivity index (χ0) is 18.8. The summed E-state index contributed by atoms with van der Waals surface area (Å²) < 4.78 is 32.4. The lowest BCUT2D eigenvalue weighted by molar-refractivity contribution is -0.384. The highest BCUT2D eigenvalue weighted by molar-refractivity contribution is 9.10. The topological polar surface area (TPSA) is 116 Å². The molecule has 0 saturated heterocycles. The fourth-order valence-electron chi connectivity index (χ4n) is 1.91. The minimum Gasteiger partial charge on any atom is -0.465 e. The first kappa shape index (κ1) is 19.2. The van der Waals surface area contributed by atoms with Crippen molar-refractivity contribution in [1.29, 1.82) is 0 Å². The van der Waals surface area contributed by atoms with Crippen LogP contribution < -0.4 is 4.72 Å². The van der Waals surface area contributed by atoms with Gasteiger partial charge in [-0.15, -0.1) is 0 Å². The third kappa shape index (κ3) is 4.27. The van der Waals surface area contributed by atoms with Crippen LogP contribution in [0.25, 0.3) is 0 Å². The molecule has 0 radical (unpaired) electrons. The molecule has 8 nitrogen and oxygen atoms in total. The normalized spacial score (nSPS) is 11.0. The Morgan fingerprint density at radius 3 is 2.52 bits per heavy atom. The molecule has 0 bridgehead atoms. The quantitative estimate of drug-likeness (QED) is 0.423. The number of nitrogens with zero attached hydrogens (tertiary/aromatic N) is 1. The molecule has 2 rings (SSSR count). The molecule has 25 heavy (non-hydrogen) atoms. The van der Waals surface area contributed by atoms with E-state index in [4.69, 9.17) is 11.6 Å². The molecule has 0 spiro atoms. The van der Waals surface area contributed by atoms with Crippen LogP contribution in [0.4, 0.5) is 11.4 Å². The van der Waals surface area contributed by atoms with E-state index in [1.807, 2.05) is 0 Å². The molecule has 0 saturated carbocycles.